The highest BCUT2D eigenvalue weighted by Gasteiger charge is 2.19. The minimum Gasteiger partial charge on any atom is -0.241 e. The predicted octanol–water partition coefficient (Wildman–Crippen LogP) is 4.40. The van der Waals surface area contributed by atoms with Gasteiger partial charge in [-0.25, -0.2) is 22.5 Å². The lowest BCUT2D eigenvalue weighted by Gasteiger charge is -2.12. The minimum atomic E-state index is -3.58. The highest BCUT2D eigenvalue weighted by molar-refractivity contribution is 7.89. The zero-order valence-electron chi connectivity index (χ0n) is 15.4. The molecule has 3 aromatic rings. The maximum Gasteiger partial charge on any atom is 0.241 e. The van der Waals surface area contributed by atoms with Gasteiger partial charge in [-0.1, -0.05) is 29.8 Å². The van der Waals surface area contributed by atoms with Crippen LogP contribution in [-0.2, 0) is 16.4 Å². The molecule has 0 aliphatic rings. The first-order valence-electron chi connectivity index (χ1n) is 8.54. The molecule has 0 aliphatic carbocycles. The standard InChI is InChI=1S/C20H21FN2O2S2/c1-13-9-14(2)19(15(3)10-13)27(24,25)22-8-7-18-12-26-20(23-18)16-5-4-6-17(21)11-16/h4-6,9-12,22H,7-8H2,1-3H3. The Bertz CT molecular complexity index is 1050. The fourth-order valence-electron chi connectivity index (χ4n) is 3.15. The number of sulfonamides is 1. The first kappa shape index (κ1) is 19.7. The van der Waals surface area contributed by atoms with E-state index in [4.69, 9.17) is 0 Å². The molecule has 7 heteroatoms. The van der Waals surface area contributed by atoms with Gasteiger partial charge < -0.3 is 0 Å². The Balaban J connectivity index is 1.68. The van der Waals surface area contributed by atoms with Crippen molar-refractivity contribution in [2.75, 3.05) is 6.54 Å². The summed E-state index contributed by atoms with van der Waals surface area (Å²) in [5, 5.41) is 2.59. The van der Waals surface area contributed by atoms with Crippen molar-refractivity contribution >= 4 is 21.4 Å². The van der Waals surface area contributed by atoms with E-state index in [1.165, 1.54) is 23.5 Å². The summed E-state index contributed by atoms with van der Waals surface area (Å²) in [5.41, 5.74) is 4.01. The van der Waals surface area contributed by atoms with Gasteiger partial charge >= 0.3 is 0 Å². The topological polar surface area (TPSA) is 59.1 Å². The van der Waals surface area contributed by atoms with Crippen molar-refractivity contribution in [1.82, 2.24) is 9.71 Å². The van der Waals surface area contributed by atoms with Gasteiger partial charge in [0.1, 0.15) is 10.8 Å². The van der Waals surface area contributed by atoms with Crippen LogP contribution in [-0.4, -0.2) is 19.9 Å². The molecule has 1 aromatic heterocycles. The third kappa shape index (κ3) is 4.61. The lowest BCUT2D eigenvalue weighted by Crippen LogP contribution is -2.27. The second-order valence-corrected chi connectivity index (χ2v) is 9.09. The summed E-state index contributed by atoms with van der Waals surface area (Å²) in [6.45, 7) is 5.81. The molecule has 0 atom stereocenters. The van der Waals surface area contributed by atoms with Crippen molar-refractivity contribution in [1.29, 1.82) is 0 Å². The molecule has 0 unspecified atom stereocenters. The van der Waals surface area contributed by atoms with E-state index in [1.807, 2.05) is 24.4 Å². The first-order chi connectivity index (χ1) is 12.8. The van der Waals surface area contributed by atoms with Crippen molar-refractivity contribution in [2.45, 2.75) is 32.1 Å². The quantitative estimate of drug-likeness (QED) is 0.663. The molecule has 1 N–H and O–H groups in total. The van der Waals surface area contributed by atoms with Gasteiger partial charge in [0.15, 0.2) is 0 Å². The number of benzene rings is 2. The third-order valence-electron chi connectivity index (χ3n) is 4.17. The number of aromatic nitrogens is 1. The Morgan fingerprint density at radius 2 is 1.81 bits per heavy atom. The second-order valence-electron chi connectivity index (χ2n) is 6.53. The molecule has 0 amide bonds. The van der Waals surface area contributed by atoms with E-state index in [2.05, 4.69) is 9.71 Å². The maximum atomic E-state index is 13.3. The van der Waals surface area contributed by atoms with Gasteiger partial charge in [-0.2, -0.15) is 0 Å². The average Bonchev–Trinajstić information content (AvgIpc) is 3.02. The van der Waals surface area contributed by atoms with Crippen LogP contribution in [0.1, 0.15) is 22.4 Å². The summed E-state index contributed by atoms with van der Waals surface area (Å²) >= 11 is 1.42. The summed E-state index contributed by atoms with van der Waals surface area (Å²) in [6, 6.07) is 10.0. The van der Waals surface area contributed by atoms with Crippen molar-refractivity contribution in [3.05, 3.63) is 70.0 Å². The van der Waals surface area contributed by atoms with E-state index >= 15 is 0 Å². The SMILES string of the molecule is Cc1cc(C)c(S(=O)(=O)NCCc2csc(-c3cccc(F)c3)n2)c(C)c1. The average molecular weight is 405 g/mol. The van der Waals surface area contributed by atoms with Crippen molar-refractivity contribution in [2.24, 2.45) is 0 Å². The Kier molecular flexibility index (Phi) is 5.74. The highest BCUT2D eigenvalue weighted by atomic mass is 32.2. The molecule has 0 radical (unpaired) electrons. The number of nitrogens with one attached hydrogen (secondary N) is 1. The largest absolute Gasteiger partial charge is 0.241 e. The van der Waals surface area contributed by atoms with Crippen LogP contribution >= 0.6 is 11.3 Å². The molecule has 0 fully saturated rings. The van der Waals surface area contributed by atoms with Gasteiger partial charge in [0, 0.05) is 23.9 Å². The van der Waals surface area contributed by atoms with Crippen LogP contribution in [0, 0.1) is 26.6 Å². The van der Waals surface area contributed by atoms with Gasteiger partial charge in [-0.15, -0.1) is 11.3 Å². The molecule has 0 bridgehead atoms. The summed E-state index contributed by atoms with van der Waals surface area (Å²) < 4.78 is 41.3. The number of hydrogen-bond acceptors (Lipinski definition) is 4. The van der Waals surface area contributed by atoms with Crippen LogP contribution in [0.25, 0.3) is 10.6 Å². The first-order valence-corrected chi connectivity index (χ1v) is 10.9. The number of nitrogens with zero attached hydrogens (tertiary/aromatic N) is 1. The Hall–Kier alpha value is -2.09. The molecule has 27 heavy (non-hydrogen) atoms. The summed E-state index contributed by atoms with van der Waals surface area (Å²) in [7, 11) is -3.58. The zero-order valence-corrected chi connectivity index (χ0v) is 17.0. The molecular formula is C20H21FN2O2S2. The van der Waals surface area contributed by atoms with Gasteiger partial charge in [0.2, 0.25) is 10.0 Å². The molecule has 0 saturated heterocycles. The lowest BCUT2D eigenvalue weighted by atomic mass is 10.1. The fraction of sp³-hybridized carbons (Fsp3) is 0.250. The minimum absolute atomic E-state index is 0.251. The molecule has 142 valence electrons. The fourth-order valence-corrected chi connectivity index (χ4v) is 5.48. The number of thiazole rings is 1. The van der Waals surface area contributed by atoms with Crippen molar-refractivity contribution in [3.63, 3.8) is 0 Å². The number of hydrogen-bond donors (Lipinski definition) is 1. The summed E-state index contributed by atoms with van der Waals surface area (Å²) in [5.74, 6) is -0.305. The second kappa shape index (κ2) is 7.88. The van der Waals surface area contributed by atoms with Crippen LogP contribution in [0.2, 0.25) is 0 Å². The summed E-state index contributed by atoms with van der Waals surface area (Å²) in [4.78, 5) is 4.82. The molecule has 4 nitrogen and oxygen atoms in total. The Morgan fingerprint density at radius 3 is 2.48 bits per heavy atom. The van der Waals surface area contributed by atoms with E-state index < -0.39 is 10.0 Å². The van der Waals surface area contributed by atoms with Crippen molar-refractivity contribution < 1.29 is 12.8 Å². The molecule has 0 saturated carbocycles. The molecule has 3 rings (SSSR count). The van der Waals surface area contributed by atoms with Gasteiger partial charge in [0.05, 0.1) is 10.6 Å². The molecule has 1 heterocycles. The molecule has 0 aliphatic heterocycles. The number of halogens is 1. The van der Waals surface area contributed by atoms with Crippen LogP contribution < -0.4 is 4.72 Å². The van der Waals surface area contributed by atoms with Crippen LogP contribution in [0.15, 0.2) is 46.7 Å². The Labute approximate surface area is 163 Å². The van der Waals surface area contributed by atoms with Crippen LogP contribution in [0.4, 0.5) is 4.39 Å². The van der Waals surface area contributed by atoms with Crippen LogP contribution in [0.5, 0.6) is 0 Å². The van der Waals surface area contributed by atoms with E-state index in [0.29, 0.717) is 11.3 Å². The molecular weight excluding hydrogens is 383 g/mol. The monoisotopic (exact) mass is 404 g/mol. The molecule has 0 spiro atoms. The van der Waals surface area contributed by atoms with E-state index in [9.17, 15) is 12.8 Å². The van der Waals surface area contributed by atoms with Gasteiger partial charge in [-0.3, -0.25) is 0 Å². The highest BCUT2D eigenvalue weighted by Crippen LogP contribution is 2.25. The van der Waals surface area contributed by atoms with Gasteiger partial charge in [-0.05, 0) is 44.0 Å². The normalized spacial score (nSPS) is 11.7. The van der Waals surface area contributed by atoms with E-state index in [-0.39, 0.29) is 12.4 Å². The Morgan fingerprint density at radius 1 is 1.11 bits per heavy atom. The van der Waals surface area contributed by atoms with E-state index in [0.717, 1.165) is 33.0 Å². The summed E-state index contributed by atoms with van der Waals surface area (Å²) in [6.07, 6.45) is 0.467. The number of aryl methyl sites for hydroxylation is 3. The third-order valence-corrected chi connectivity index (χ3v) is 6.88. The maximum absolute atomic E-state index is 13.3. The zero-order chi connectivity index (χ0) is 19.6. The molecule has 2 aromatic carbocycles. The van der Waals surface area contributed by atoms with E-state index in [1.54, 1.807) is 26.0 Å². The van der Waals surface area contributed by atoms with Gasteiger partial charge in [0.25, 0.3) is 0 Å². The van der Waals surface area contributed by atoms with Crippen molar-refractivity contribution in [3.8, 4) is 10.6 Å². The number of rotatable bonds is 6. The van der Waals surface area contributed by atoms with Crippen LogP contribution in [0.3, 0.4) is 0 Å². The lowest BCUT2D eigenvalue weighted by molar-refractivity contribution is 0.580. The predicted molar refractivity (Wildman–Crippen MR) is 107 cm³/mol. The smallest absolute Gasteiger partial charge is 0.241 e.